The van der Waals surface area contributed by atoms with E-state index in [-0.39, 0.29) is 18.3 Å². The number of carbonyl (C=O) groups excluding carboxylic acids is 1. The van der Waals surface area contributed by atoms with Gasteiger partial charge in [-0.1, -0.05) is 12.1 Å². The molecule has 100 valence electrons. The van der Waals surface area contributed by atoms with E-state index in [1.807, 2.05) is 13.8 Å². The van der Waals surface area contributed by atoms with Crippen molar-refractivity contribution in [2.45, 2.75) is 32.9 Å². The minimum Gasteiger partial charge on any atom is -0.389 e. The second kappa shape index (κ2) is 5.82. The Kier molecular flexibility index (Phi) is 4.67. The number of para-hydroxylation sites is 1. The van der Waals surface area contributed by atoms with Crippen LogP contribution in [0, 0.1) is 5.82 Å². The van der Waals surface area contributed by atoms with Crippen LogP contribution >= 0.6 is 0 Å². The van der Waals surface area contributed by atoms with Gasteiger partial charge in [-0.2, -0.15) is 0 Å². The Bertz CT molecular complexity index is 433. The highest BCUT2D eigenvalue weighted by atomic mass is 19.1. The van der Waals surface area contributed by atoms with Crippen LogP contribution in [0.2, 0.25) is 0 Å². The van der Waals surface area contributed by atoms with E-state index in [2.05, 4.69) is 0 Å². The molecule has 0 bridgehead atoms. The Morgan fingerprint density at radius 2 is 2.06 bits per heavy atom. The number of hydrogen-bond acceptors (Lipinski definition) is 3. The summed E-state index contributed by atoms with van der Waals surface area (Å²) in [6.45, 7) is 5.14. The number of nitrogens with two attached hydrogens (primary N) is 1. The molecule has 0 aliphatic carbocycles. The van der Waals surface area contributed by atoms with Gasteiger partial charge in [-0.25, -0.2) is 4.39 Å². The lowest BCUT2D eigenvalue weighted by molar-refractivity contribution is -0.116. The molecule has 5 heteroatoms. The van der Waals surface area contributed by atoms with Crippen LogP contribution in [0.15, 0.2) is 18.2 Å². The number of halogens is 1. The van der Waals surface area contributed by atoms with Crippen molar-refractivity contribution in [2.75, 3.05) is 11.4 Å². The lowest BCUT2D eigenvalue weighted by Crippen LogP contribution is -2.39. The third-order valence-corrected chi connectivity index (χ3v) is 2.70. The smallest absolute Gasteiger partial charge is 0.236 e. The van der Waals surface area contributed by atoms with E-state index in [4.69, 9.17) is 5.73 Å². The Hall–Kier alpha value is -1.62. The second-order valence-electron chi connectivity index (χ2n) is 4.54. The van der Waals surface area contributed by atoms with Crippen molar-refractivity contribution in [2.24, 2.45) is 5.73 Å². The van der Waals surface area contributed by atoms with Crippen LogP contribution in [-0.2, 0) is 4.79 Å². The van der Waals surface area contributed by atoms with Crippen molar-refractivity contribution >= 4 is 11.6 Å². The van der Waals surface area contributed by atoms with Crippen molar-refractivity contribution < 1.29 is 14.3 Å². The first-order valence-electron chi connectivity index (χ1n) is 5.86. The van der Waals surface area contributed by atoms with Crippen molar-refractivity contribution in [1.29, 1.82) is 0 Å². The first kappa shape index (κ1) is 14.4. The van der Waals surface area contributed by atoms with Gasteiger partial charge in [-0.05, 0) is 26.8 Å². The summed E-state index contributed by atoms with van der Waals surface area (Å²) in [6, 6.07) is 4.37. The van der Waals surface area contributed by atoms with Gasteiger partial charge < -0.3 is 15.7 Å². The SMILES string of the molecule is CC(C)N(CC(N)=O)c1c(F)cccc1[C@H](C)O. The predicted molar refractivity (Wildman–Crippen MR) is 68.7 cm³/mol. The molecule has 0 aliphatic rings. The van der Waals surface area contributed by atoms with Crippen LogP contribution in [0.3, 0.4) is 0 Å². The van der Waals surface area contributed by atoms with Crippen molar-refractivity contribution in [3.05, 3.63) is 29.6 Å². The highest BCUT2D eigenvalue weighted by Gasteiger charge is 2.22. The van der Waals surface area contributed by atoms with Gasteiger partial charge in [-0.3, -0.25) is 4.79 Å². The lowest BCUT2D eigenvalue weighted by atomic mass is 10.1. The molecular formula is C13H19FN2O2. The van der Waals surface area contributed by atoms with E-state index >= 15 is 0 Å². The first-order valence-corrected chi connectivity index (χ1v) is 5.86. The Balaban J connectivity index is 3.30. The van der Waals surface area contributed by atoms with Crippen molar-refractivity contribution in [3.8, 4) is 0 Å². The molecule has 0 aromatic heterocycles. The molecule has 0 unspecified atom stereocenters. The number of primary amides is 1. The number of hydrogen-bond donors (Lipinski definition) is 2. The number of aliphatic hydroxyl groups is 1. The summed E-state index contributed by atoms with van der Waals surface area (Å²) in [7, 11) is 0. The fourth-order valence-corrected chi connectivity index (χ4v) is 1.86. The van der Waals surface area contributed by atoms with Crippen LogP contribution in [-0.4, -0.2) is 23.6 Å². The van der Waals surface area contributed by atoms with Crippen molar-refractivity contribution in [3.63, 3.8) is 0 Å². The zero-order chi connectivity index (χ0) is 13.9. The molecule has 4 nitrogen and oxygen atoms in total. The summed E-state index contributed by atoms with van der Waals surface area (Å²) in [4.78, 5) is 12.6. The maximum atomic E-state index is 14.0. The van der Waals surface area contributed by atoms with E-state index in [1.54, 1.807) is 17.9 Å². The largest absolute Gasteiger partial charge is 0.389 e. The normalized spacial score (nSPS) is 12.6. The summed E-state index contributed by atoms with van der Waals surface area (Å²) in [5, 5.41) is 9.68. The standard InChI is InChI=1S/C13H19FN2O2/c1-8(2)16(7-12(15)18)13-10(9(3)17)5-4-6-11(13)14/h4-6,8-9,17H,7H2,1-3H3,(H2,15,18)/t9-/m0/s1. The molecule has 18 heavy (non-hydrogen) atoms. The maximum Gasteiger partial charge on any atom is 0.236 e. The summed E-state index contributed by atoms with van der Waals surface area (Å²) < 4.78 is 14.0. The number of anilines is 1. The van der Waals surface area contributed by atoms with E-state index < -0.39 is 17.8 Å². The molecule has 1 aromatic carbocycles. The number of carbonyl (C=O) groups is 1. The minimum absolute atomic E-state index is 0.0850. The van der Waals surface area contributed by atoms with Crippen LogP contribution in [0.1, 0.15) is 32.4 Å². The molecule has 1 amide bonds. The van der Waals surface area contributed by atoms with E-state index in [0.717, 1.165) is 0 Å². The number of rotatable bonds is 5. The lowest BCUT2D eigenvalue weighted by Gasteiger charge is -2.30. The van der Waals surface area contributed by atoms with Gasteiger partial charge in [0.1, 0.15) is 5.82 Å². The highest BCUT2D eigenvalue weighted by Crippen LogP contribution is 2.30. The third-order valence-electron chi connectivity index (χ3n) is 2.70. The van der Waals surface area contributed by atoms with Gasteiger partial charge in [0.25, 0.3) is 0 Å². The molecule has 0 radical (unpaired) electrons. The molecule has 3 N–H and O–H groups in total. The number of aliphatic hydroxyl groups excluding tert-OH is 1. The number of amides is 1. The Labute approximate surface area is 106 Å². The van der Waals surface area contributed by atoms with Gasteiger partial charge in [0.05, 0.1) is 18.3 Å². The zero-order valence-corrected chi connectivity index (χ0v) is 10.9. The number of benzene rings is 1. The van der Waals surface area contributed by atoms with Crippen LogP contribution in [0.5, 0.6) is 0 Å². The quantitative estimate of drug-likeness (QED) is 0.838. The van der Waals surface area contributed by atoms with Gasteiger partial charge >= 0.3 is 0 Å². The van der Waals surface area contributed by atoms with Gasteiger partial charge in [0, 0.05) is 11.6 Å². The second-order valence-corrected chi connectivity index (χ2v) is 4.54. The third kappa shape index (κ3) is 3.20. The van der Waals surface area contributed by atoms with Crippen molar-refractivity contribution in [1.82, 2.24) is 0 Å². The van der Waals surface area contributed by atoms with Gasteiger partial charge in [0.15, 0.2) is 0 Å². The van der Waals surface area contributed by atoms with Gasteiger partial charge in [0.2, 0.25) is 5.91 Å². The minimum atomic E-state index is -0.815. The molecule has 0 heterocycles. The fraction of sp³-hybridized carbons (Fsp3) is 0.462. The van der Waals surface area contributed by atoms with Crippen LogP contribution in [0.25, 0.3) is 0 Å². The molecular weight excluding hydrogens is 235 g/mol. The van der Waals surface area contributed by atoms with Gasteiger partial charge in [-0.15, -0.1) is 0 Å². The zero-order valence-electron chi connectivity index (χ0n) is 10.9. The predicted octanol–water partition coefficient (Wildman–Crippen LogP) is 1.58. The average Bonchev–Trinajstić information content (AvgIpc) is 2.25. The topological polar surface area (TPSA) is 66.6 Å². The summed E-state index contributed by atoms with van der Waals surface area (Å²) in [6.07, 6.45) is -0.815. The van der Waals surface area contributed by atoms with E-state index in [1.165, 1.54) is 12.1 Å². The molecule has 0 saturated heterocycles. The summed E-state index contributed by atoms with van der Waals surface area (Å²) in [5.74, 6) is -1.01. The van der Waals surface area contributed by atoms with Crippen LogP contribution < -0.4 is 10.6 Å². The molecule has 0 saturated carbocycles. The molecule has 1 aromatic rings. The average molecular weight is 254 g/mol. The van der Waals surface area contributed by atoms with Crippen LogP contribution in [0.4, 0.5) is 10.1 Å². The molecule has 0 fully saturated rings. The number of nitrogens with zero attached hydrogens (tertiary/aromatic N) is 1. The highest BCUT2D eigenvalue weighted by molar-refractivity contribution is 5.80. The molecule has 0 spiro atoms. The summed E-state index contributed by atoms with van der Waals surface area (Å²) >= 11 is 0. The Morgan fingerprint density at radius 3 is 2.50 bits per heavy atom. The molecule has 1 atom stereocenters. The maximum absolute atomic E-state index is 14.0. The van der Waals surface area contributed by atoms with E-state index in [0.29, 0.717) is 5.56 Å². The van der Waals surface area contributed by atoms with E-state index in [9.17, 15) is 14.3 Å². The molecule has 1 rings (SSSR count). The Morgan fingerprint density at radius 1 is 1.44 bits per heavy atom. The summed E-state index contributed by atoms with van der Waals surface area (Å²) in [5.41, 5.74) is 5.87. The molecule has 0 aliphatic heterocycles. The fourth-order valence-electron chi connectivity index (χ4n) is 1.86. The monoisotopic (exact) mass is 254 g/mol. The first-order chi connectivity index (χ1) is 8.34.